The van der Waals surface area contributed by atoms with Crippen LogP contribution in [-0.2, 0) is 0 Å². The molecule has 0 aliphatic carbocycles. The van der Waals surface area contributed by atoms with Crippen LogP contribution in [0.2, 0.25) is 0 Å². The normalized spacial score (nSPS) is 23.8. The van der Waals surface area contributed by atoms with Gasteiger partial charge >= 0.3 is 0 Å². The van der Waals surface area contributed by atoms with Gasteiger partial charge in [-0.3, -0.25) is 0 Å². The van der Waals surface area contributed by atoms with E-state index in [4.69, 9.17) is 0 Å². The Morgan fingerprint density at radius 2 is 2.73 bits per heavy atom. The van der Waals surface area contributed by atoms with Gasteiger partial charge in [-0.25, -0.2) is 0 Å². The average Bonchev–Trinajstić information content (AvgIpc) is 2.60. The molecule has 2 heterocycles. The highest BCUT2D eigenvalue weighted by Gasteiger charge is 2.14. The molecule has 0 saturated carbocycles. The van der Waals surface area contributed by atoms with Gasteiger partial charge in [-0.15, -0.1) is 10.2 Å². The van der Waals surface area contributed by atoms with Crippen LogP contribution in [0.5, 0.6) is 0 Å². The molecule has 0 spiro atoms. The fourth-order valence-corrected chi connectivity index (χ4v) is 1.71. The molecule has 0 aromatic carbocycles. The molecule has 60 valence electrons. The minimum absolute atomic E-state index is 0.544. The second-order valence-corrected chi connectivity index (χ2v) is 3.41. The molecular formula is C6H10N4S. The molecule has 1 saturated heterocycles. The van der Waals surface area contributed by atoms with Crippen molar-refractivity contribution in [3.05, 3.63) is 5.51 Å². The van der Waals surface area contributed by atoms with Crippen molar-refractivity contribution in [2.75, 3.05) is 18.4 Å². The molecule has 0 bridgehead atoms. The van der Waals surface area contributed by atoms with Crippen LogP contribution in [0.1, 0.15) is 6.42 Å². The van der Waals surface area contributed by atoms with Crippen molar-refractivity contribution in [1.82, 2.24) is 15.5 Å². The molecule has 1 aromatic heterocycles. The molecule has 2 rings (SSSR count). The lowest BCUT2D eigenvalue weighted by Gasteiger charge is -2.07. The molecule has 0 amide bonds. The zero-order valence-electron chi connectivity index (χ0n) is 6.08. The van der Waals surface area contributed by atoms with Gasteiger partial charge in [0, 0.05) is 12.6 Å². The van der Waals surface area contributed by atoms with E-state index in [0.29, 0.717) is 6.04 Å². The summed E-state index contributed by atoms with van der Waals surface area (Å²) in [4.78, 5) is 0. The van der Waals surface area contributed by atoms with E-state index in [1.165, 1.54) is 6.42 Å². The largest absolute Gasteiger partial charge is 0.356 e. The van der Waals surface area contributed by atoms with Crippen molar-refractivity contribution >= 4 is 16.5 Å². The molecular weight excluding hydrogens is 160 g/mol. The van der Waals surface area contributed by atoms with E-state index >= 15 is 0 Å². The smallest absolute Gasteiger partial charge is 0.205 e. The molecule has 11 heavy (non-hydrogen) atoms. The van der Waals surface area contributed by atoms with E-state index in [2.05, 4.69) is 20.8 Å². The Hall–Kier alpha value is -0.680. The van der Waals surface area contributed by atoms with Crippen molar-refractivity contribution in [2.24, 2.45) is 0 Å². The molecule has 5 heteroatoms. The zero-order valence-corrected chi connectivity index (χ0v) is 6.90. The van der Waals surface area contributed by atoms with Gasteiger partial charge < -0.3 is 10.6 Å². The van der Waals surface area contributed by atoms with E-state index in [1.807, 2.05) is 0 Å². The van der Waals surface area contributed by atoms with Gasteiger partial charge in [-0.2, -0.15) is 0 Å². The third-order valence-electron chi connectivity index (χ3n) is 1.75. The van der Waals surface area contributed by atoms with Crippen LogP contribution in [0, 0.1) is 0 Å². The van der Waals surface area contributed by atoms with Gasteiger partial charge in [-0.05, 0) is 13.0 Å². The molecule has 2 N–H and O–H groups in total. The molecule has 1 atom stereocenters. The molecule has 1 aromatic rings. The molecule has 1 aliphatic rings. The van der Waals surface area contributed by atoms with E-state index in [0.717, 1.165) is 18.2 Å². The SMILES string of the molecule is c1nnc(NC2CCNC2)s1. The minimum atomic E-state index is 0.544. The first kappa shape index (κ1) is 7.00. The summed E-state index contributed by atoms with van der Waals surface area (Å²) < 4.78 is 0. The van der Waals surface area contributed by atoms with E-state index < -0.39 is 0 Å². The van der Waals surface area contributed by atoms with Crippen molar-refractivity contribution in [3.8, 4) is 0 Å². The Bertz CT molecular complexity index is 204. The highest BCUT2D eigenvalue weighted by atomic mass is 32.1. The van der Waals surface area contributed by atoms with Crippen LogP contribution in [0.25, 0.3) is 0 Å². The Labute approximate surface area is 69.0 Å². The zero-order chi connectivity index (χ0) is 7.52. The summed E-state index contributed by atoms with van der Waals surface area (Å²) in [6.07, 6.45) is 1.18. The standard InChI is InChI=1S/C6H10N4S/c1-2-7-3-5(1)9-6-10-8-4-11-6/h4-5,7H,1-3H2,(H,9,10). The van der Waals surface area contributed by atoms with E-state index in [-0.39, 0.29) is 0 Å². The van der Waals surface area contributed by atoms with Crippen LogP contribution in [0.15, 0.2) is 5.51 Å². The second-order valence-electron chi connectivity index (χ2n) is 2.58. The van der Waals surface area contributed by atoms with Gasteiger partial charge in [0.2, 0.25) is 5.13 Å². The monoisotopic (exact) mass is 170 g/mol. The predicted octanol–water partition coefficient (Wildman–Crippen LogP) is 0.312. The summed E-state index contributed by atoms with van der Waals surface area (Å²) in [5.41, 5.74) is 1.74. The van der Waals surface area contributed by atoms with Crippen molar-refractivity contribution < 1.29 is 0 Å². The maximum absolute atomic E-state index is 3.91. The lowest BCUT2D eigenvalue weighted by Crippen LogP contribution is -2.21. The number of nitrogens with zero attached hydrogens (tertiary/aromatic N) is 2. The fraction of sp³-hybridized carbons (Fsp3) is 0.667. The maximum atomic E-state index is 3.91. The lowest BCUT2D eigenvalue weighted by molar-refractivity contribution is 0.789. The molecule has 4 nitrogen and oxygen atoms in total. The highest BCUT2D eigenvalue weighted by Crippen LogP contribution is 2.12. The van der Waals surface area contributed by atoms with Crippen molar-refractivity contribution in [1.29, 1.82) is 0 Å². The van der Waals surface area contributed by atoms with Crippen LogP contribution < -0.4 is 10.6 Å². The highest BCUT2D eigenvalue weighted by molar-refractivity contribution is 7.13. The third-order valence-corrected chi connectivity index (χ3v) is 2.37. The van der Waals surface area contributed by atoms with Gasteiger partial charge in [0.05, 0.1) is 0 Å². The second kappa shape index (κ2) is 3.15. The third kappa shape index (κ3) is 1.66. The number of nitrogens with one attached hydrogen (secondary N) is 2. The summed E-state index contributed by atoms with van der Waals surface area (Å²) >= 11 is 1.55. The average molecular weight is 170 g/mol. The predicted molar refractivity (Wildman–Crippen MR) is 44.8 cm³/mol. The number of aromatic nitrogens is 2. The summed E-state index contributed by atoms with van der Waals surface area (Å²) in [5, 5.41) is 15.2. The van der Waals surface area contributed by atoms with Crippen LogP contribution in [-0.4, -0.2) is 29.3 Å². The molecule has 0 radical (unpaired) electrons. The first-order valence-corrected chi connectivity index (χ1v) is 4.56. The Morgan fingerprint density at radius 3 is 3.36 bits per heavy atom. The topological polar surface area (TPSA) is 49.8 Å². The van der Waals surface area contributed by atoms with Gasteiger partial charge in [0.1, 0.15) is 5.51 Å². The van der Waals surface area contributed by atoms with Gasteiger partial charge in [0.25, 0.3) is 0 Å². The van der Waals surface area contributed by atoms with Crippen molar-refractivity contribution in [3.63, 3.8) is 0 Å². The van der Waals surface area contributed by atoms with Gasteiger partial charge in [-0.1, -0.05) is 11.3 Å². The Balaban J connectivity index is 1.90. The lowest BCUT2D eigenvalue weighted by atomic mass is 10.3. The molecule has 1 unspecified atom stereocenters. The molecule has 1 fully saturated rings. The number of rotatable bonds is 2. The van der Waals surface area contributed by atoms with Crippen LogP contribution >= 0.6 is 11.3 Å². The Kier molecular flexibility index (Phi) is 2.00. The van der Waals surface area contributed by atoms with Crippen molar-refractivity contribution in [2.45, 2.75) is 12.5 Å². The van der Waals surface area contributed by atoms with E-state index in [9.17, 15) is 0 Å². The Morgan fingerprint density at radius 1 is 1.73 bits per heavy atom. The summed E-state index contributed by atoms with van der Waals surface area (Å²) in [7, 11) is 0. The summed E-state index contributed by atoms with van der Waals surface area (Å²) in [6, 6.07) is 0.544. The number of anilines is 1. The first-order chi connectivity index (χ1) is 5.45. The minimum Gasteiger partial charge on any atom is -0.356 e. The van der Waals surface area contributed by atoms with Gasteiger partial charge in [0.15, 0.2) is 0 Å². The molecule has 1 aliphatic heterocycles. The maximum Gasteiger partial charge on any atom is 0.205 e. The quantitative estimate of drug-likeness (QED) is 0.671. The van der Waals surface area contributed by atoms with Crippen LogP contribution in [0.4, 0.5) is 5.13 Å². The summed E-state index contributed by atoms with van der Waals surface area (Å²) in [5.74, 6) is 0. The van der Waals surface area contributed by atoms with Crippen LogP contribution in [0.3, 0.4) is 0 Å². The number of hydrogen-bond donors (Lipinski definition) is 2. The first-order valence-electron chi connectivity index (χ1n) is 3.68. The van der Waals surface area contributed by atoms with E-state index in [1.54, 1.807) is 16.8 Å². The fourth-order valence-electron chi connectivity index (χ4n) is 1.19. The summed E-state index contributed by atoms with van der Waals surface area (Å²) in [6.45, 7) is 2.15. The number of hydrogen-bond acceptors (Lipinski definition) is 5.